The Labute approximate surface area is 67.0 Å². The molecule has 1 heteroatoms. The van der Waals surface area contributed by atoms with E-state index in [1.54, 1.807) is 0 Å². The molecule has 0 N–H and O–H groups in total. The lowest BCUT2D eigenvalue weighted by Crippen LogP contribution is -2.00. The van der Waals surface area contributed by atoms with Crippen molar-refractivity contribution in [1.82, 2.24) is 0 Å². The molecular weight excluding hydrogens is 134 g/mol. The Hall–Kier alpha value is -1.03. The summed E-state index contributed by atoms with van der Waals surface area (Å²) < 4.78 is 0. The van der Waals surface area contributed by atoms with E-state index in [2.05, 4.69) is 18.2 Å². The molecule has 56 valence electrons. The number of nitriles is 1. The van der Waals surface area contributed by atoms with Gasteiger partial charge in [-0.1, -0.05) is 12.2 Å². The summed E-state index contributed by atoms with van der Waals surface area (Å²) in [6.07, 6.45) is 10.1. The number of rotatable bonds is 1. The monoisotopic (exact) mass is 145 g/mol. The number of nitrogens with zero attached hydrogens (tertiary/aromatic N) is 1. The molecule has 1 atom stereocenters. The van der Waals surface area contributed by atoms with Crippen LogP contribution in [0, 0.1) is 23.2 Å². The normalized spacial score (nSPS) is 29.4. The number of allylic oxidation sites excluding steroid dienone is 4. The molecule has 11 heavy (non-hydrogen) atoms. The fourth-order valence-electron chi connectivity index (χ4n) is 1.59. The summed E-state index contributed by atoms with van der Waals surface area (Å²) >= 11 is 0. The third-order valence-corrected chi connectivity index (χ3v) is 2.49. The first kappa shape index (κ1) is 6.67. The van der Waals surface area contributed by atoms with Crippen molar-refractivity contribution in [3.05, 3.63) is 23.8 Å². The van der Waals surface area contributed by atoms with Gasteiger partial charge in [-0.25, -0.2) is 0 Å². The van der Waals surface area contributed by atoms with Crippen molar-refractivity contribution in [2.75, 3.05) is 0 Å². The molecule has 1 fully saturated rings. The van der Waals surface area contributed by atoms with Crippen molar-refractivity contribution in [2.45, 2.75) is 19.3 Å². The Balaban J connectivity index is 2.01. The Morgan fingerprint density at radius 3 is 2.73 bits per heavy atom. The van der Waals surface area contributed by atoms with E-state index in [1.165, 1.54) is 12.8 Å². The highest BCUT2D eigenvalue weighted by atomic mass is 14.3. The van der Waals surface area contributed by atoms with Gasteiger partial charge in [0.25, 0.3) is 0 Å². The summed E-state index contributed by atoms with van der Waals surface area (Å²) in [6.45, 7) is 0. The van der Waals surface area contributed by atoms with Gasteiger partial charge >= 0.3 is 0 Å². The van der Waals surface area contributed by atoms with Gasteiger partial charge in [0, 0.05) is 5.57 Å². The van der Waals surface area contributed by atoms with Crippen molar-refractivity contribution >= 4 is 0 Å². The van der Waals surface area contributed by atoms with Gasteiger partial charge in [-0.3, -0.25) is 0 Å². The zero-order valence-corrected chi connectivity index (χ0v) is 6.46. The molecule has 0 aliphatic heterocycles. The van der Waals surface area contributed by atoms with Gasteiger partial charge in [0.1, 0.15) is 0 Å². The summed E-state index contributed by atoms with van der Waals surface area (Å²) in [5.74, 6) is 1.68. The smallest absolute Gasteiger partial charge is 0.0988 e. The van der Waals surface area contributed by atoms with E-state index in [0.717, 1.165) is 23.8 Å². The third kappa shape index (κ3) is 1.35. The van der Waals surface area contributed by atoms with Crippen molar-refractivity contribution in [3.8, 4) is 6.07 Å². The minimum absolute atomic E-state index is 0.743. The third-order valence-electron chi connectivity index (χ3n) is 2.49. The minimum Gasteiger partial charge on any atom is -0.192 e. The van der Waals surface area contributed by atoms with Crippen molar-refractivity contribution in [3.63, 3.8) is 0 Å². The van der Waals surface area contributed by atoms with Crippen LogP contribution in [0.25, 0.3) is 0 Å². The highest BCUT2D eigenvalue weighted by molar-refractivity contribution is 5.35. The predicted octanol–water partition coefficient (Wildman–Crippen LogP) is 2.42. The molecule has 0 spiro atoms. The lowest BCUT2D eigenvalue weighted by Gasteiger charge is -2.11. The molecule has 1 saturated carbocycles. The summed E-state index contributed by atoms with van der Waals surface area (Å²) in [7, 11) is 0. The fourth-order valence-corrected chi connectivity index (χ4v) is 1.59. The lowest BCUT2D eigenvalue weighted by molar-refractivity contribution is 0.571. The van der Waals surface area contributed by atoms with Crippen LogP contribution in [0.4, 0.5) is 0 Å². The molecule has 0 aromatic carbocycles. The van der Waals surface area contributed by atoms with Gasteiger partial charge in [-0.15, -0.1) is 0 Å². The summed E-state index contributed by atoms with van der Waals surface area (Å²) in [6, 6.07) is 2.16. The highest BCUT2D eigenvalue weighted by Crippen LogP contribution is 2.40. The zero-order chi connectivity index (χ0) is 7.68. The molecule has 0 bridgehead atoms. The number of hydrogen-bond acceptors (Lipinski definition) is 1. The van der Waals surface area contributed by atoms with E-state index in [1.807, 2.05) is 6.08 Å². The van der Waals surface area contributed by atoms with Crippen LogP contribution in [-0.2, 0) is 0 Å². The molecule has 0 amide bonds. The number of hydrogen-bond donors (Lipinski definition) is 0. The summed E-state index contributed by atoms with van der Waals surface area (Å²) in [5, 5.41) is 8.56. The maximum atomic E-state index is 8.56. The van der Waals surface area contributed by atoms with Crippen molar-refractivity contribution < 1.29 is 0 Å². The van der Waals surface area contributed by atoms with Gasteiger partial charge < -0.3 is 0 Å². The zero-order valence-electron chi connectivity index (χ0n) is 6.46. The van der Waals surface area contributed by atoms with Crippen LogP contribution < -0.4 is 0 Å². The molecule has 1 unspecified atom stereocenters. The average molecular weight is 145 g/mol. The van der Waals surface area contributed by atoms with Crippen LogP contribution >= 0.6 is 0 Å². The van der Waals surface area contributed by atoms with Gasteiger partial charge in [0.05, 0.1) is 6.07 Å². The Morgan fingerprint density at radius 2 is 2.27 bits per heavy atom. The highest BCUT2D eigenvalue weighted by Gasteiger charge is 2.29. The standard InChI is InChI=1S/C10H11N/c11-7-8-1-3-9(4-2-8)10-5-6-10/h1-3,9-10H,4-6H2. The van der Waals surface area contributed by atoms with Crippen LogP contribution in [0.15, 0.2) is 23.8 Å². The minimum atomic E-state index is 0.743. The maximum absolute atomic E-state index is 8.56. The van der Waals surface area contributed by atoms with Gasteiger partial charge in [-0.05, 0) is 37.2 Å². The van der Waals surface area contributed by atoms with Crippen LogP contribution in [0.3, 0.4) is 0 Å². The van der Waals surface area contributed by atoms with Crippen LogP contribution in [0.1, 0.15) is 19.3 Å². The Morgan fingerprint density at radius 1 is 1.45 bits per heavy atom. The largest absolute Gasteiger partial charge is 0.192 e. The molecule has 1 nitrogen and oxygen atoms in total. The molecule has 2 aliphatic rings. The van der Waals surface area contributed by atoms with E-state index in [-0.39, 0.29) is 0 Å². The summed E-state index contributed by atoms with van der Waals surface area (Å²) in [5.41, 5.74) is 0.835. The second-order valence-corrected chi connectivity index (χ2v) is 3.37. The lowest BCUT2D eigenvalue weighted by atomic mass is 9.93. The molecule has 2 aliphatic carbocycles. The Kier molecular flexibility index (Phi) is 1.54. The SMILES string of the molecule is N#CC1=CCC(C2CC2)C=C1. The predicted molar refractivity (Wildman–Crippen MR) is 43.7 cm³/mol. The molecular formula is C10H11N. The first-order chi connectivity index (χ1) is 5.40. The second kappa shape index (κ2) is 2.54. The van der Waals surface area contributed by atoms with E-state index < -0.39 is 0 Å². The first-order valence-corrected chi connectivity index (χ1v) is 4.18. The molecule has 0 saturated heterocycles. The molecule has 0 radical (unpaired) electrons. The van der Waals surface area contributed by atoms with E-state index in [0.29, 0.717) is 0 Å². The van der Waals surface area contributed by atoms with Crippen LogP contribution in [0.5, 0.6) is 0 Å². The molecule has 0 heterocycles. The van der Waals surface area contributed by atoms with E-state index in [9.17, 15) is 0 Å². The second-order valence-electron chi connectivity index (χ2n) is 3.37. The van der Waals surface area contributed by atoms with Gasteiger partial charge in [0.15, 0.2) is 0 Å². The first-order valence-electron chi connectivity index (χ1n) is 4.18. The van der Waals surface area contributed by atoms with Crippen LogP contribution in [0.2, 0.25) is 0 Å². The Bertz CT molecular complexity index is 251. The van der Waals surface area contributed by atoms with E-state index >= 15 is 0 Å². The maximum Gasteiger partial charge on any atom is 0.0988 e. The molecule has 2 rings (SSSR count). The summed E-state index contributed by atoms with van der Waals surface area (Å²) in [4.78, 5) is 0. The van der Waals surface area contributed by atoms with Crippen LogP contribution in [-0.4, -0.2) is 0 Å². The molecule has 0 aromatic rings. The van der Waals surface area contributed by atoms with Crippen molar-refractivity contribution in [1.29, 1.82) is 5.26 Å². The molecule has 0 aromatic heterocycles. The van der Waals surface area contributed by atoms with E-state index in [4.69, 9.17) is 5.26 Å². The van der Waals surface area contributed by atoms with Crippen molar-refractivity contribution in [2.24, 2.45) is 11.8 Å². The average Bonchev–Trinajstić information content (AvgIpc) is 2.87. The van der Waals surface area contributed by atoms with Gasteiger partial charge in [-0.2, -0.15) is 5.26 Å². The topological polar surface area (TPSA) is 23.8 Å². The van der Waals surface area contributed by atoms with Gasteiger partial charge in [0.2, 0.25) is 0 Å². The quantitative estimate of drug-likeness (QED) is 0.556. The fraction of sp³-hybridized carbons (Fsp3) is 0.500.